The van der Waals surface area contributed by atoms with E-state index in [1.165, 1.54) is 0 Å². The number of hydrogen-bond acceptors (Lipinski definition) is 10. The van der Waals surface area contributed by atoms with Crippen LogP contribution in [0.25, 0.3) is 33.3 Å². The van der Waals surface area contributed by atoms with E-state index in [1.807, 2.05) is 36.4 Å². The Morgan fingerprint density at radius 3 is 2.60 bits per heavy atom. The maximum atomic E-state index is 5.87. The molecule has 0 amide bonds. The second-order valence-electron chi connectivity index (χ2n) is 8.17. The lowest BCUT2D eigenvalue weighted by atomic mass is 10.0. The third kappa shape index (κ3) is 4.61. The monoisotopic (exact) mass is 469 g/mol. The zero-order chi connectivity index (χ0) is 23.5. The summed E-state index contributed by atoms with van der Waals surface area (Å²) in [4.78, 5) is 16.1. The molecule has 2 aromatic carbocycles. The summed E-state index contributed by atoms with van der Waals surface area (Å²) in [5.41, 5.74) is 2.22. The summed E-state index contributed by atoms with van der Waals surface area (Å²) in [7, 11) is 0. The van der Waals surface area contributed by atoms with Gasteiger partial charge in [0.15, 0.2) is 5.82 Å². The van der Waals surface area contributed by atoms with Crippen LogP contribution in [0.3, 0.4) is 0 Å². The summed E-state index contributed by atoms with van der Waals surface area (Å²) in [6.07, 6.45) is 1.70. The molecule has 0 aliphatic carbocycles. The van der Waals surface area contributed by atoms with E-state index in [1.54, 1.807) is 6.20 Å². The number of morpholine rings is 1. The van der Waals surface area contributed by atoms with E-state index in [4.69, 9.17) is 19.1 Å². The van der Waals surface area contributed by atoms with Gasteiger partial charge in [0.2, 0.25) is 11.3 Å². The Morgan fingerprint density at radius 1 is 0.914 bits per heavy atom. The van der Waals surface area contributed by atoms with Gasteiger partial charge in [-0.1, -0.05) is 42.5 Å². The fourth-order valence-electron chi connectivity index (χ4n) is 4.12. The van der Waals surface area contributed by atoms with Crippen molar-refractivity contribution in [3.8, 4) is 17.0 Å². The molecule has 0 radical (unpaired) electrons. The number of aromatic nitrogens is 5. The topological polar surface area (TPSA) is 111 Å². The molecule has 5 aromatic rings. The van der Waals surface area contributed by atoms with Crippen LogP contribution in [0.5, 0.6) is 5.75 Å². The third-order valence-electron chi connectivity index (χ3n) is 5.92. The lowest BCUT2D eigenvalue weighted by molar-refractivity contribution is 0.0322. The van der Waals surface area contributed by atoms with Crippen molar-refractivity contribution in [3.63, 3.8) is 0 Å². The van der Waals surface area contributed by atoms with Crippen LogP contribution in [0, 0.1) is 0 Å². The molecule has 0 bridgehead atoms. The molecule has 176 valence electrons. The minimum Gasteiger partial charge on any atom is -0.491 e. The van der Waals surface area contributed by atoms with Crippen molar-refractivity contribution in [1.82, 2.24) is 30.2 Å². The first-order valence-electron chi connectivity index (χ1n) is 11.5. The standard InChI is InChI=1S/C25H23N7O3/c1-2-6-19-17(4-1)5-3-7-20(19)22-23(29-25-24(28-22)30-35-31-25)27-21-9-8-18(16-26-21)34-15-12-32-10-13-33-14-11-32/h1-9,16H,10-15H2,(H,26,27,29,31). The normalized spacial score (nSPS) is 14.4. The highest BCUT2D eigenvalue weighted by Gasteiger charge is 2.17. The van der Waals surface area contributed by atoms with Gasteiger partial charge < -0.3 is 14.8 Å². The molecule has 1 fully saturated rings. The number of hydrogen-bond donors (Lipinski definition) is 1. The Hall–Kier alpha value is -4.15. The molecule has 0 unspecified atom stereocenters. The van der Waals surface area contributed by atoms with Gasteiger partial charge in [-0.05, 0) is 33.2 Å². The summed E-state index contributed by atoms with van der Waals surface area (Å²) >= 11 is 0. The minimum atomic E-state index is 0.319. The Morgan fingerprint density at radius 2 is 1.74 bits per heavy atom. The highest BCUT2D eigenvalue weighted by atomic mass is 16.6. The van der Waals surface area contributed by atoms with Gasteiger partial charge in [-0.15, -0.1) is 0 Å². The molecular weight excluding hydrogens is 446 g/mol. The lowest BCUT2D eigenvalue weighted by Gasteiger charge is -2.26. The molecule has 10 heteroatoms. The zero-order valence-electron chi connectivity index (χ0n) is 18.9. The van der Waals surface area contributed by atoms with Gasteiger partial charge in [0, 0.05) is 25.2 Å². The van der Waals surface area contributed by atoms with Gasteiger partial charge in [0.1, 0.15) is 23.9 Å². The SMILES string of the molecule is c1ccc2c(-c3nc4nonc4nc3Nc3ccc(OCCN4CCOCC4)cn3)cccc2c1. The van der Waals surface area contributed by atoms with Crippen molar-refractivity contribution < 1.29 is 14.1 Å². The zero-order valence-corrected chi connectivity index (χ0v) is 18.9. The average Bonchev–Trinajstić information content (AvgIpc) is 3.37. The molecule has 1 saturated heterocycles. The van der Waals surface area contributed by atoms with E-state index in [-0.39, 0.29) is 0 Å². The van der Waals surface area contributed by atoms with Gasteiger partial charge in [-0.3, -0.25) is 4.90 Å². The second-order valence-corrected chi connectivity index (χ2v) is 8.17. The molecule has 0 spiro atoms. The molecule has 10 nitrogen and oxygen atoms in total. The summed E-state index contributed by atoms with van der Waals surface area (Å²) in [6, 6.07) is 17.9. The minimum absolute atomic E-state index is 0.319. The summed E-state index contributed by atoms with van der Waals surface area (Å²) in [6.45, 7) is 4.90. The summed E-state index contributed by atoms with van der Waals surface area (Å²) in [5.74, 6) is 1.83. The Labute approximate surface area is 200 Å². The molecule has 3 aromatic heterocycles. The Balaban J connectivity index is 1.24. The quantitative estimate of drug-likeness (QED) is 0.379. The van der Waals surface area contributed by atoms with E-state index < -0.39 is 0 Å². The van der Waals surface area contributed by atoms with Crippen molar-refractivity contribution in [2.24, 2.45) is 0 Å². The predicted octanol–water partition coefficient (Wildman–Crippen LogP) is 3.68. The van der Waals surface area contributed by atoms with E-state index in [0.29, 0.717) is 41.0 Å². The van der Waals surface area contributed by atoms with Gasteiger partial charge >= 0.3 is 0 Å². The molecule has 0 atom stereocenters. The number of pyridine rings is 1. The van der Waals surface area contributed by atoms with Crippen LogP contribution in [-0.4, -0.2) is 69.6 Å². The Kier molecular flexibility index (Phi) is 5.87. The van der Waals surface area contributed by atoms with Crippen molar-refractivity contribution in [3.05, 3.63) is 60.8 Å². The van der Waals surface area contributed by atoms with Crippen LogP contribution < -0.4 is 10.1 Å². The molecule has 1 aliphatic rings. The van der Waals surface area contributed by atoms with Gasteiger partial charge in [0.05, 0.1) is 19.4 Å². The van der Waals surface area contributed by atoms with Crippen LogP contribution in [-0.2, 0) is 4.74 Å². The van der Waals surface area contributed by atoms with Gasteiger partial charge in [-0.2, -0.15) is 0 Å². The van der Waals surface area contributed by atoms with Gasteiger partial charge in [-0.25, -0.2) is 19.6 Å². The highest BCUT2D eigenvalue weighted by molar-refractivity contribution is 5.99. The van der Waals surface area contributed by atoms with Crippen LogP contribution in [0.1, 0.15) is 0 Å². The second kappa shape index (κ2) is 9.61. The third-order valence-corrected chi connectivity index (χ3v) is 5.92. The van der Waals surface area contributed by atoms with Crippen LogP contribution in [0.15, 0.2) is 65.4 Å². The van der Waals surface area contributed by atoms with Crippen molar-refractivity contribution in [1.29, 1.82) is 0 Å². The summed E-state index contributed by atoms with van der Waals surface area (Å²) < 4.78 is 16.1. The fourth-order valence-corrected chi connectivity index (χ4v) is 4.12. The molecular formula is C25H23N7O3. The van der Waals surface area contributed by atoms with Gasteiger partial charge in [0.25, 0.3) is 0 Å². The van der Waals surface area contributed by atoms with E-state index in [2.05, 4.69) is 48.7 Å². The number of fused-ring (bicyclic) bond motifs is 2. The maximum absolute atomic E-state index is 5.87. The number of benzene rings is 2. The summed E-state index contributed by atoms with van der Waals surface area (Å²) in [5, 5.41) is 13.2. The van der Waals surface area contributed by atoms with E-state index in [0.717, 1.165) is 49.2 Å². The molecule has 6 rings (SSSR count). The van der Waals surface area contributed by atoms with Crippen molar-refractivity contribution >= 4 is 33.7 Å². The van der Waals surface area contributed by atoms with E-state index >= 15 is 0 Å². The fraction of sp³-hybridized carbons (Fsp3) is 0.240. The first-order valence-corrected chi connectivity index (χ1v) is 11.5. The molecule has 1 N–H and O–H groups in total. The molecule has 4 heterocycles. The number of ether oxygens (including phenoxy) is 2. The van der Waals surface area contributed by atoms with Crippen molar-refractivity contribution in [2.45, 2.75) is 0 Å². The number of rotatable bonds is 7. The van der Waals surface area contributed by atoms with E-state index in [9.17, 15) is 0 Å². The van der Waals surface area contributed by atoms with Crippen LogP contribution >= 0.6 is 0 Å². The van der Waals surface area contributed by atoms with Crippen LogP contribution in [0.4, 0.5) is 11.6 Å². The first kappa shape index (κ1) is 21.4. The first-order chi connectivity index (χ1) is 17.3. The lowest BCUT2D eigenvalue weighted by Crippen LogP contribution is -2.38. The molecule has 35 heavy (non-hydrogen) atoms. The van der Waals surface area contributed by atoms with Crippen molar-refractivity contribution in [2.75, 3.05) is 44.8 Å². The number of nitrogens with one attached hydrogen (secondary N) is 1. The maximum Gasteiger partial charge on any atom is 0.245 e. The molecule has 1 aliphatic heterocycles. The average molecular weight is 470 g/mol. The number of anilines is 2. The van der Waals surface area contributed by atoms with Crippen LogP contribution in [0.2, 0.25) is 0 Å². The predicted molar refractivity (Wildman–Crippen MR) is 131 cm³/mol. The molecule has 0 saturated carbocycles. The smallest absolute Gasteiger partial charge is 0.245 e. The number of nitrogens with zero attached hydrogens (tertiary/aromatic N) is 6. The highest BCUT2D eigenvalue weighted by Crippen LogP contribution is 2.33. The largest absolute Gasteiger partial charge is 0.491 e. The Bertz CT molecular complexity index is 1440.